The van der Waals surface area contributed by atoms with Crippen molar-refractivity contribution in [3.63, 3.8) is 0 Å². The molecule has 0 amide bonds. The first-order chi connectivity index (χ1) is 9.99. The van der Waals surface area contributed by atoms with E-state index in [9.17, 15) is 10.1 Å². The second kappa shape index (κ2) is 6.51. The number of nitrogens with zero attached hydrogens (tertiary/aromatic N) is 4. The molecule has 21 heavy (non-hydrogen) atoms. The van der Waals surface area contributed by atoms with E-state index in [0.29, 0.717) is 6.61 Å². The third-order valence-electron chi connectivity index (χ3n) is 2.16. The lowest BCUT2D eigenvalue weighted by molar-refractivity contribution is -0.385. The molecule has 0 fully saturated rings. The molecule has 0 atom stereocenters. The highest BCUT2D eigenvalue weighted by atomic mass is 35.5. The van der Waals surface area contributed by atoms with Gasteiger partial charge in [0, 0.05) is 17.2 Å². The molecular formula is C11H8Cl2N4O4. The monoisotopic (exact) mass is 330 g/mol. The van der Waals surface area contributed by atoms with E-state index in [4.69, 9.17) is 32.7 Å². The summed E-state index contributed by atoms with van der Waals surface area (Å²) in [5, 5.41) is 11.0. The maximum Gasteiger partial charge on any atom is 0.329 e. The van der Waals surface area contributed by atoms with Gasteiger partial charge in [-0.05, 0) is 24.6 Å². The standard InChI is InChI=1S/C11H8Cl2N4O4/c1-2-20-10-14-9(13)15-11(16-10)21-8-5-6(12)3-4-7(8)17(18)19/h3-5H,2H2,1H3. The van der Waals surface area contributed by atoms with E-state index in [2.05, 4.69) is 15.0 Å². The van der Waals surface area contributed by atoms with E-state index in [1.807, 2.05) is 0 Å². The van der Waals surface area contributed by atoms with Gasteiger partial charge in [0.2, 0.25) is 11.0 Å². The molecule has 1 heterocycles. The van der Waals surface area contributed by atoms with Crippen molar-refractivity contribution >= 4 is 28.9 Å². The minimum atomic E-state index is -0.613. The van der Waals surface area contributed by atoms with Crippen molar-refractivity contribution in [2.45, 2.75) is 6.92 Å². The van der Waals surface area contributed by atoms with Crippen LogP contribution >= 0.6 is 23.2 Å². The summed E-state index contributed by atoms with van der Waals surface area (Å²) < 4.78 is 10.3. The molecule has 110 valence electrons. The van der Waals surface area contributed by atoms with Crippen LogP contribution in [-0.4, -0.2) is 26.5 Å². The molecule has 0 aliphatic heterocycles. The summed E-state index contributed by atoms with van der Waals surface area (Å²) in [6.45, 7) is 2.05. The average Bonchev–Trinajstić information content (AvgIpc) is 2.38. The van der Waals surface area contributed by atoms with Crippen molar-refractivity contribution in [2.75, 3.05) is 6.61 Å². The SMILES string of the molecule is CCOc1nc(Cl)nc(Oc2cc(Cl)ccc2[N+](=O)[O-])n1. The molecule has 0 aliphatic rings. The van der Waals surface area contributed by atoms with E-state index in [1.165, 1.54) is 18.2 Å². The van der Waals surface area contributed by atoms with Crippen LogP contribution in [0.5, 0.6) is 17.8 Å². The highest BCUT2D eigenvalue weighted by Gasteiger charge is 2.18. The van der Waals surface area contributed by atoms with Crippen LogP contribution in [0, 0.1) is 10.1 Å². The molecular weight excluding hydrogens is 323 g/mol. The van der Waals surface area contributed by atoms with Crippen LogP contribution in [0.15, 0.2) is 18.2 Å². The molecule has 0 bridgehead atoms. The molecule has 10 heteroatoms. The average molecular weight is 331 g/mol. The summed E-state index contributed by atoms with van der Waals surface area (Å²) in [6.07, 6.45) is 0. The third kappa shape index (κ3) is 3.89. The Morgan fingerprint density at radius 2 is 1.95 bits per heavy atom. The Morgan fingerprint density at radius 3 is 2.62 bits per heavy atom. The van der Waals surface area contributed by atoms with E-state index >= 15 is 0 Å². The zero-order valence-corrected chi connectivity index (χ0v) is 12.1. The van der Waals surface area contributed by atoms with Crippen LogP contribution in [0.2, 0.25) is 10.3 Å². The number of hydrogen-bond acceptors (Lipinski definition) is 7. The molecule has 2 rings (SSSR count). The predicted octanol–water partition coefficient (Wildman–Crippen LogP) is 3.28. The van der Waals surface area contributed by atoms with E-state index in [0.717, 1.165) is 0 Å². The fourth-order valence-electron chi connectivity index (χ4n) is 1.37. The molecule has 0 unspecified atom stereocenters. The van der Waals surface area contributed by atoms with Gasteiger partial charge in [0.15, 0.2) is 0 Å². The minimum Gasteiger partial charge on any atom is -0.464 e. The molecule has 0 N–H and O–H groups in total. The Bertz CT molecular complexity index is 683. The number of benzene rings is 1. The zero-order chi connectivity index (χ0) is 15.4. The summed E-state index contributed by atoms with van der Waals surface area (Å²) in [4.78, 5) is 21.6. The molecule has 0 saturated heterocycles. The smallest absolute Gasteiger partial charge is 0.329 e. The molecule has 0 saturated carbocycles. The molecule has 0 aliphatic carbocycles. The van der Waals surface area contributed by atoms with Gasteiger partial charge in [0.05, 0.1) is 11.5 Å². The number of hydrogen-bond donors (Lipinski definition) is 0. The largest absolute Gasteiger partial charge is 0.464 e. The van der Waals surface area contributed by atoms with Gasteiger partial charge in [0.1, 0.15) is 0 Å². The number of rotatable bonds is 5. The molecule has 1 aromatic carbocycles. The van der Waals surface area contributed by atoms with Gasteiger partial charge in [-0.1, -0.05) is 11.6 Å². The van der Waals surface area contributed by atoms with Crippen LogP contribution in [0.4, 0.5) is 5.69 Å². The van der Waals surface area contributed by atoms with Crippen molar-refractivity contribution < 1.29 is 14.4 Å². The molecule has 2 aromatic rings. The van der Waals surface area contributed by atoms with Crippen molar-refractivity contribution in [1.82, 2.24) is 15.0 Å². The summed E-state index contributed by atoms with van der Waals surface area (Å²) in [7, 11) is 0. The van der Waals surface area contributed by atoms with Crippen LogP contribution in [0.1, 0.15) is 6.92 Å². The number of ether oxygens (including phenoxy) is 2. The molecule has 0 spiro atoms. The van der Waals surface area contributed by atoms with Gasteiger partial charge in [-0.25, -0.2) is 0 Å². The van der Waals surface area contributed by atoms with Gasteiger partial charge >= 0.3 is 17.7 Å². The Morgan fingerprint density at radius 1 is 1.24 bits per heavy atom. The third-order valence-corrected chi connectivity index (χ3v) is 2.56. The fourth-order valence-corrected chi connectivity index (χ4v) is 1.68. The fraction of sp³-hybridized carbons (Fsp3) is 0.182. The molecule has 0 radical (unpaired) electrons. The molecule has 1 aromatic heterocycles. The first-order valence-corrected chi connectivity index (χ1v) is 6.41. The lowest BCUT2D eigenvalue weighted by Gasteiger charge is -2.06. The van der Waals surface area contributed by atoms with Gasteiger partial charge < -0.3 is 9.47 Å². The first kappa shape index (κ1) is 15.2. The van der Waals surface area contributed by atoms with Gasteiger partial charge in [-0.15, -0.1) is 4.98 Å². The van der Waals surface area contributed by atoms with E-state index in [-0.39, 0.29) is 33.8 Å². The number of halogens is 2. The Balaban J connectivity index is 2.37. The number of aromatic nitrogens is 3. The molecule has 8 nitrogen and oxygen atoms in total. The van der Waals surface area contributed by atoms with Gasteiger partial charge in [-0.3, -0.25) is 10.1 Å². The summed E-state index contributed by atoms with van der Waals surface area (Å²) >= 11 is 11.5. The first-order valence-electron chi connectivity index (χ1n) is 5.65. The van der Waals surface area contributed by atoms with Crippen LogP contribution in [-0.2, 0) is 0 Å². The van der Waals surface area contributed by atoms with Crippen molar-refractivity contribution in [3.05, 3.63) is 38.6 Å². The highest BCUT2D eigenvalue weighted by Crippen LogP contribution is 2.33. The second-order valence-electron chi connectivity index (χ2n) is 3.57. The lowest BCUT2D eigenvalue weighted by Crippen LogP contribution is -2.02. The Hall–Kier alpha value is -2.19. The van der Waals surface area contributed by atoms with Gasteiger partial charge in [-0.2, -0.15) is 9.97 Å². The van der Waals surface area contributed by atoms with Crippen LogP contribution < -0.4 is 9.47 Å². The summed E-state index contributed by atoms with van der Waals surface area (Å²) in [5.41, 5.74) is -0.283. The Labute approximate surface area is 128 Å². The van der Waals surface area contributed by atoms with Crippen molar-refractivity contribution in [2.24, 2.45) is 0 Å². The summed E-state index contributed by atoms with van der Waals surface area (Å²) in [6, 6.07) is 3.58. The minimum absolute atomic E-state index is 0.0443. The van der Waals surface area contributed by atoms with Gasteiger partial charge in [0.25, 0.3) is 0 Å². The lowest BCUT2D eigenvalue weighted by atomic mass is 10.3. The van der Waals surface area contributed by atoms with Crippen molar-refractivity contribution in [1.29, 1.82) is 0 Å². The maximum atomic E-state index is 10.9. The highest BCUT2D eigenvalue weighted by molar-refractivity contribution is 6.30. The van der Waals surface area contributed by atoms with Crippen LogP contribution in [0.25, 0.3) is 0 Å². The Kier molecular flexibility index (Phi) is 4.71. The maximum absolute atomic E-state index is 10.9. The van der Waals surface area contributed by atoms with E-state index < -0.39 is 4.92 Å². The number of nitro benzene ring substituents is 1. The normalized spacial score (nSPS) is 10.2. The summed E-state index contributed by atoms with van der Waals surface area (Å²) in [5.74, 6) is -0.114. The second-order valence-corrected chi connectivity index (χ2v) is 4.35. The predicted molar refractivity (Wildman–Crippen MR) is 74.2 cm³/mol. The van der Waals surface area contributed by atoms with Crippen LogP contribution in [0.3, 0.4) is 0 Å². The topological polar surface area (TPSA) is 100 Å². The zero-order valence-electron chi connectivity index (χ0n) is 10.6. The van der Waals surface area contributed by atoms with Crippen molar-refractivity contribution in [3.8, 4) is 17.8 Å². The quantitative estimate of drug-likeness (QED) is 0.612. The van der Waals surface area contributed by atoms with E-state index in [1.54, 1.807) is 6.92 Å². The number of nitro groups is 1.